The molecule has 0 aliphatic heterocycles. The highest BCUT2D eigenvalue weighted by Crippen LogP contribution is 2.25. The molecule has 1 aromatic rings. The number of benzene rings is 1. The lowest BCUT2D eigenvalue weighted by molar-refractivity contribution is 0.163. The Balaban J connectivity index is 2.54. The summed E-state index contributed by atoms with van der Waals surface area (Å²) in [4.78, 5) is 11.8. The van der Waals surface area contributed by atoms with Gasteiger partial charge in [0.25, 0.3) is 0 Å². The van der Waals surface area contributed by atoms with Gasteiger partial charge in [-0.2, -0.15) is 0 Å². The fraction of sp³-hybridized carbons (Fsp3) is 0.533. The van der Waals surface area contributed by atoms with E-state index in [4.69, 9.17) is 9.47 Å². The standard InChI is InChI=1S/C15H24N2O4/c1-10(5-11(2)18)9-16-15(19)17-12-6-13(20-3)8-14(7-12)21-4/h6-8,10-11,18H,5,9H2,1-4H3,(H2,16,17,19). The molecule has 2 unspecified atom stereocenters. The molecule has 0 aliphatic carbocycles. The van der Waals surface area contributed by atoms with Gasteiger partial charge in [-0.1, -0.05) is 6.92 Å². The van der Waals surface area contributed by atoms with E-state index < -0.39 is 0 Å². The number of hydrogen-bond acceptors (Lipinski definition) is 4. The molecule has 0 heterocycles. The van der Waals surface area contributed by atoms with E-state index >= 15 is 0 Å². The molecular formula is C15H24N2O4. The molecular weight excluding hydrogens is 272 g/mol. The van der Waals surface area contributed by atoms with E-state index in [0.29, 0.717) is 30.2 Å². The maximum absolute atomic E-state index is 11.8. The number of aliphatic hydroxyl groups excluding tert-OH is 1. The first-order valence-electron chi connectivity index (χ1n) is 6.90. The van der Waals surface area contributed by atoms with Crippen molar-refractivity contribution in [3.05, 3.63) is 18.2 Å². The van der Waals surface area contributed by atoms with Crippen LogP contribution in [0.15, 0.2) is 18.2 Å². The molecule has 0 radical (unpaired) electrons. The normalized spacial score (nSPS) is 13.2. The molecule has 6 heteroatoms. The topological polar surface area (TPSA) is 79.8 Å². The molecule has 2 amide bonds. The highest BCUT2D eigenvalue weighted by atomic mass is 16.5. The Morgan fingerprint density at radius 3 is 2.24 bits per heavy atom. The summed E-state index contributed by atoms with van der Waals surface area (Å²) < 4.78 is 10.3. The number of rotatable bonds is 7. The Kier molecular flexibility index (Phi) is 6.81. The van der Waals surface area contributed by atoms with Crippen LogP contribution in [0.4, 0.5) is 10.5 Å². The number of ether oxygens (including phenoxy) is 2. The van der Waals surface area contributed by atoms with Gasteiger partial charge in [0.1, 0.15) is 11.5 Å². The number of amides is 2. The van der Waals surface area contributed by atoms with Gasteiger partial charge < -0.3 is 25.2 Å². The molecule has 6 nitrogen and oxygen atoms in total. The summed E-state index contributed by atoms with van der Waals surface area (Å²) in [7, 11) is 3.10. The van der Waals surface area contributed by atoms with Crippen LogP contribution in [0.2, 0.25) is 0 Å². The maximum Gasteiger partial charge on any atom is 0.319 e. The largest absolute Gasteiger partial charge is 0.497 e. The number of nitrogens with one attached hydrogen (secondary N) is 2. The zero-order valence-electron chi connectivity index (χ0n) is 13.0. The van der Waals surface area contributed by atoms with E-state index in [1.54, 1.807) is 39.3 Å². The number of methoxy groups -OCH3 is 2. The zero-order valence-corrected chi connectivity index (χ0v) is 13.0. The average Bonchev–Trinajstić information content (AvgIpc) is 2.44. The van der Waals surface area contributed by atoms with Crippen molar-refractivity contribution >= 4 is 11.7 Å². The first kappa shape index (κ1) is 17.1. The third kappa shape index (κ3) is 6.35. The predicted molar refractivity (Wildman–Crippen MR) is 82.0 cm³/mol. The Bertz CT molecular complexity index is 441. The number of carbonyl (C=O) groups excluding carboxylic acids is 1. The van der Waals surface area contributed by atoms with E-state index in [2.05, 4.69) is 10.6 Å². The molecule has 0 spiro atoms. The van der Waals surface area contributed by atoms with Crippen LogP contribution < -0.4 is 20.1 Å². The number of carbonyl (C=O) groups is 1. The summed E-state index contributed by atoms with van der Waals surface area (Å²) in [5, 5.41) is 14.8. The number of anilines is 1. The van der Waals surface area contributed by atoms with Gasteiger partial charge >= 0.3 is 6.03 Å². The minimum atomic E-state index is -0.368. The van der Waals surface area contributed by atoms with Crippen molar-refractivity contribution < 1.29 is 19.4 Å². The van der Waals surface area contributed by atoms with Gasteiger partial charge in [-0.05, 0) is 19.3 Å². The molecule has 1 aromatic carbocycles. The average molecular weight is 296 g/mol. The summed E-state index contributed by atoms with van der Waals surface area (Å²) in [5.74, 6) is 1.41. The number of aliphatic hydroxyl groups is 1. The minimum absolute atomic E-state index is 0.204. The summed E-state index contributed by atoms with van der Waals surface area (Å²) in [6.07, 6.45) is 0.278. The summed E-state index contributed by atoms with van der Waals surface area (Å²) in [6, 6.07) is 4.85. The van der Waals surface area contributed by atoms with Crippen LogP contribution in [-0.4, -0.2) is 38.0 Å². The van der Waals surface area contributed by atoms with Gasteiger partial charge in [-0.3, -0.25) is 0 Å². The second-order valence-electron chi connectivity index (χ2n) is 5.13. The van der Waals surface area contributed by atoms with E-state index in [1.165, 1.54) is 0 Å². The van der Waals surface area contributed by atoms with Crippen molar-refractivity contribution in [2.75, 3.05) is 26.1 Å². The third-order valence-electron chi connectivity index (χ3n) is 2.96. The molecule has 0 saturated carbocycles. The maximum atomic E-state index is 11.8. The molecule has 0 fully saturated rings. The number of urea groups is 1. The van der Waals surface area contributed by atoms with Gasteiger partial charge in [-0.25, -0.2) is 4.79 Å². The van der Waals surface area contributed by atoms with Crippen molar-refractivity contribution in [2.45, 2.75) is 26.4 Å². The molecule has 3 N–H and O–H groups in total. The lowest BCUT2D eigenvalue weighted by Crippen LogP contribution is -2.33. The minimum Gasteiger partial charge on any atom is -0.497 e. The van der Waals surface area contributed by atoms with Crippen molar-refractivity contribution in [1.82, 2.24) is 5.32 Å². The van der Waals surface area contributed by atoms with Crippen LogP contribution in [0.25, 0.3) is 0 Å². The molecule has 2 atom stereocenters. The second kappa shape index (κ2) is 8.36. The van der Waals surface area contributed by atoms with Gasteiger partial charge in [0, 0.05) is 30.4 Å². The van der Waals surface area contributed by atoms with Crippen LogP contribution in [0.5, 0.6) is 11.5 Å². The van der Waals surface area contributed by atoms with Crippen molar-refractivity contribution in [1.29, 1.82) is 0 Å². The van der Waals surface area contributed by atoms with Crippen LogP contribution in [0, 0.1) is 5.92 Å². The smallest absolute Gasteiger partial charge is 0.319 e. The summed E-state index contributed by atoms with van der Waals surface area (Å²) >= 11 is 0. The molecule has 0 aliphatic rings. The van der Waals surface area contributed by atoms with Crippen molar-refractivity contribution in [2.24, 2.45) is 5.92 Å². The van der Waals surface area contributed by atoms with Gasteiger partial charge in [0.2, 0.25) is 0 Å². The summed E-state index contributed by atoms with van der Waals surface area (Å²) in [6.45, 7) is 4.21. The van der Waals surface area contributed by atoms with E-state index in [0.717, 1.165) is 0 Å². The first-order chi connectivity index (χ1) is 9.94. The van der Waals surface area contributed by atoms with Crippen LogP contribution >= 0.6 is 0 Å². The quantitative estimate of drug-likeness (QED) is 0.721. The first-order valence-corrected chi connectivity index (χ1v) is 6.90. The lowest BCUT2D eigenvalue weighted by atomic mass is 10.1. The fourth-order valence-corrected chi connectivity index (χ4v) is 1.99. The Labute approximate surface area is 125 Å². The van der Waals surface area contributed by atoms with E-state index in [1.807, 2.05) is 6.92 Å². The predicted octanol–water partition coefficient (Wildman–Crippen LogP) is 2.23. The third-order valence-corrected chi connectivity index (χ3v) is 2.96. The van der Waals surface area contributed by atoms with Gasteiger partial charge in [0.05, 0.1) is 20.3 Å². The van der Waals surface area contributed by atoms with E-state index in [9.17, 15) is 9.90 Å². The van der Waals surface area contributed by atoms with Crippen LogP contribution in [-0.2, 0) is 0 Å². The number of hydrogen-bond donors (Lipinski definition) is 3. The lowest BCUT2D eigenvalue weighted by Gasteiger charge is -2.15. The monoisotopic (exact) mass is 296 g/mol. The molecule has 21 heavy (non-hydrogen) atoms. The van der Waals surface area contributed by atoms with Gasteiger partial charge in [-0.15, -0.1) is 0 Å². The van der Waals surface area contributed by atoms with Crippen molar-refractivity contribution in [3.63, 3.8) is 0 Å². The van der Waals surface area contributed by atoms with Crippen LogP contribution in [0.3, 0.4) is 0 Å². The fourth-order valence-electron chi connectivity index (χ4n) is 1.99. The molecule has 118 valence electrons. The Morgan fingerprint density at radius 2 is 1.76 bits per heavy atom. The summed E-state index contributed by atoms with van der Waals surface area (Å²) in [5.41, 5.74) is 0.590. The van der Waals surface area contributed by atoms with Gasteiger partial charge in [0.15, 0.2) is 0 Å². The van der Waals surface area contributed by atoms with Crippen LogP contribution in [0.1, 0.15) is 20.3 Å². The molecule has 1 rings (SSSR count). The highest BCUT2D eigenvalue weighted by molar-refractivity contribution is 5.89. The van der Waals surface area contributed by atoms with Crippen molar-refractivity contribution in [3.8, 4) is 11.5 Å². The Hall–Kier alpha value is -1.95. The molecule has 0 saturated heterocycles. The Morgan fingerprint density at radius 1 is 1.19 bits per heavy atom. The molecule has 0 bridgehead atoms. The zero-order chi connectivity index (χ0) is 15.8. The SMILES string of the molecule is COc1cc(NC(=O)NCC(C)CC(C)O)cc(OC)c1. The van der Waals surface area contributed by atoms with E-state index in [-0.39, 0.29) is 18.1 Å². The molecule has 0 aromatic heterocycles. The second-order valence-corrected chi connectivity index (χ2v) is 5.13. The highest BCUT2D eigenvalue weighted by Gasteiger charge is 2.09.